The van der Waals surface area contributed by atoms with Crippen LogP contribution in [0.15, 0.2) is 30.3 Å². The van der Waals surface area contributed by atoms with E-state index >= 15 is 0 Å². The SMILES string of the molecule is CC(C)(C)[C@]1(O)C[C@@H]2OC(=O)C[C@@]23C(=O)O[C@@H]2N(CC45CC6CC(CC(C6)C4)C5)C(=O)[C@H](OC(=O)c4ccccc4)C213. The number of benzene rings is 1. The minimum absolute atomic E-state index is 0.0499. The second-order valence-electron chi connectivity index (χ2n) is 15.6. The van der Waals surface area contributed by atoms with Crippen LogP contribution in [-0.2, 0) is 28.6 Å². The van der Waals surface area contributed by atoms with Gasteiger partial charge in [-0.2, -0.15) is 0 Å². The van der Waals surface area contributed by atoms with Crippen LogP contribution in [0.1, 0.15) is 82.5 Å². The maximum Gasteiger partial charge on any atom is 0.338 e. The van der Waals surface area contributed by atoms with E-state index in [1.54, 1.807) is 35.2 Å². The third kappa shape index (κ3) is 3.03. The van der Waals surface area contributed by atoms with E-state index in [-0.39, 0.29) is 23.8 Å². The van der Waals surface area contributed by atoms with Crippen LogP contribution < -0.4 is 0 Å². The lowest BCUT2D eigenvalue weighted by molar-refractivity contribution is -0.214. The first-order chi connectivity index (χ1) is 19.8. The molecular weight excluding hydrogens is 538 g/mol. The minimum atomic E-state index is -1.74. The Morgan fingerprint density at radius 2 is 1.60 bits per heavy atom. The highest BCUT2D eigenvalue weighted by atomic mass is 16.6. The zero-order chi connectivity index (χ0) is 29.4. The van der Waals surface area contributed by atoms with Crippen LogP contribution in [0.25, 0.3) is 0 Å². The van der Waals surface area contributed by atoms with Crippen molar-refractivity contribution in [2.45, 2.75) is 96.2 Å². The van der Waals surface area contributed by atoms with E-state index in [4.69, 9.17) is 14.2 Å². The van der Waals surface area contributed by atoms with E-state index in [9.17, 15) is 24.3 Å². The van der Waals surface area contributed by atoms with Crippen LogP contribution in [0, 0.1) is 39.4 Å². The van der Waals surface area contributed by atoms with E-state index in [2.05, 4.69) is 0 Å². The molecule has 1 aromatic rings. The number of amides is 1. The highest BCUT2D eigenvalue weighted by molar-refractivity contribution is 5.99. The van der Waals surface area contributed by atoms with Crippen molar-refractivity contribution in [3.63, 3.8) is 0 Å². The largest absolute Gasteiger partial charge is 0.461 e. The van der Waals surface area contributed by atoms with E-state index < -0.39 is 64.1 Å². The zero-order valence-electron chi connectivity index (χ0n) is 24.5. The van der Waals surface area contributed by atoms with Gasteiger partial charge in [-0.25, -0.2) is 4.79 Å². The summed E-state index contributed by atoms with van der Waals surface area (Å²) in [6, 6.07) is 8.40. The van der Waals surface area contributed by atoms with Crippen LogP contribution in [0.2, 0.25) is 0 Å². The summed E-state index contributed by atoms with van der Waals surface area (Å²) in [4.78, 5) is 57.0. The number of hydrogen-bond acceptors (Lipinski definition) is 8. The molecule has 9 rings (SSSR count). The van der Waals surface area contributed by atoms with Crippen molar-refractivity contribution in [3.05, 3.63) is 35.9 Å². The molecule has 1 aromatic carbocycles. The fraction of sp³-hybridized carbons (Fsp3) is 0.697. The molecule has 1 unspecified atom stereocenters. The molecule has 0 radical (unpaired) electrons. The van der Waals surface area contributed by atoms with Gasteiger partial charge in [-0.15, -0.1) is 0 Å². The van der Waals surface area contributed by atoms with Gasteiger partial charge < -0.3 is 24.2 Å². The standard InChI is InChI=1S/C33H39NO8/c1-29(2,3)32(39)15-22-31(16-23(35)40-22)28(38)42-27-33(31,32)24(41-26(37)21-7-5-4-6-8-21)25(36)34(27)17-30-12-18-9-19(13-30)11-20(10-18)14-30/h4-8,18-20,22,24,27,39H,9-17H2,1-3H3/t18?,19?,20?,22-,24-,27-,30?,31-,32+,33?/m0/s1. The topological polar surface area (TPSA) is 119 Å². The number of carbonyl (C=O) groups excluding carboxylic acids is 4. The number of nitrogens with zero attached hydrogens (tertiary/aromatic N) is 1. The molecule has 1 amide bonds. The first kappa shape index (κ1) is 26.7. The van der Waals surface area contributed by atoms with Gasteiger partial charge >= 0.3 is 17.9 Å². The Balaban J connectivity index is 1.29. The second kappa shape index (κ2) is 8.16. The lowest BCUT2D eigenvalue weighted by atomic mass is 9.49. The predicted octanol–water partition coefficient (Wildman–Crippen LogP) is 3.62. The number of rotatable bonds is 4. The Morgan fingerprint density at radius 1 is 0.976 bits per heavy atom. The summed E-state index contributed by atoms with van der Waals surface area (Å²) in [5.74, 6) is -0.519. The number of hydrogen-bond donors (Lipinski definition) is 1. The van der Waals surface area contributed by atoms with Crippen molar-refractivity contribution < 1.29 is 38.5 Å². The van der Waals surface area contributed by atoms with Gasteiger partial charge in [-0.3, -0.25) is 14.4 Å². The van der Waals surface area contributed by atoms with E-state index in [1.165, 1.54) is 19.3 Å². The van der Waals surface area contributed by atoms with E-state index in [0.29, 0.717) is 24.3 Å². The summed E-state index contributed by atoms with van der Waals surface area (Å²) < 4.78 is 18.1. The quantitative estimate of drug-likeness (QED) is 0.426. The Hall–Kier alpha value is -2.94. The lowest BCUT2D eigenvalue weighted by Crippen LogP contribution is -2.66. The molecule has 3 heterocycles. The number of ether oxygens (including phenoxy) is 3. The molecule has 6 atom stereocenters. The number of carbonyl (C=O) groups is 4. The first-order valence-electron chi connectivity index (χ1n) is 15.5. The maximum atomic E-state index is 14.8. The Morgan fingerprint density at radius 3 is 2.19 bits per heavy atom. The molecule has 2 spiro atoms. The average molecular weight is 578 g/mol. The highest BCUT2D eigenvalue weighted by Crippen LogP contribution is 2.76. The van der Waals surface area contributed by atoms with Crippen molar-refractivity contribution in [2.24, 2.45) is 39.4 Å². The van der Waals surface area contributed by atoms with Gasteiger partial charge in [0.1, 0.15) is 16.9 Å². The van der Waals surface area contributed by atoms with Gasteiger partial charge in [0, 0.05) is 13.0 Å². The summed E-state index contributed by atoms with van der Waals surface area (Å²) >= 11 is 0. The van der Waals surface area contributed by atoms with Crippen LogP contribution in [-0.4, -0.2) is 64.4 Å². The van der Waals surface area contributed by atoms with Crippen molar-refractivity contribution >= 4 is 23.8 Å². The summed E-state index contributed by atoms with van der Waals surface area (Å²) in [7, 11) is 0. The van der Waals surface area contributed by atoms with Gasteiger partial charge in [0.15, 0.2) is 12.3 Å². The zero-order valence-corrected chi connectivity index (χ0v) is 24.5. The highest BCUT2D eigenvalue weighted by Gasteiger charge is 2.93. The molecule has 1 N–H and O–H groups in total. The number of likely N-dealkylation sites (tertiary alicyclic amines) is 1. The molecule has 3 aliphatic heterocycles. The fourth-order valence-corrected chi connectivity index (χ4v) is 11.3. The Kier molecular flexibility index (Phi) is 5.18. The van der Waals surface area contributed by atoms with Gasteiger partial charge in [-0.1, -0.05) is 39.0 Å². The van der Waals surface area contributed by atoms with E-state index in [0.717, 1.165) is 19.3 Å². The van der Waals surface area contributed by atoms with Gasteiger partial charge in [0.05, 0.1) is 17.6 Å². The minimum Gasteiger partial charge on any atom is -0.461 e. The molecule has 5 aliphatic carbocycles. The van der Waals surface area contributed by atoms with Crippen LogP contribution in [0.5, 0.6) is 0 Å². The van der Waals surface area contributed by atoms with Crippen LogP contribution in [0.4, 0.5) is 0 Å². The average Bonchev–Trinajstić information content (AvgIpc) is 3.52. The third-order valence-electron chi connectivity index (χ3n) is 12.5. The van der Waals surface area contributed by atoms with Crippen molar-refractivity contribution in [3.8, 4) is 0 Å². The summed E-state index contributed by atoms with van der Waals surface area (Å²) in [6.45, 7) is 5.92. The molecule has 8 aliphatic rings. The van der Waals surface area contributed by atoms with Gasteiger partial charge in [-0.05, 0) is 79.2 Å². The number of esters is 3. The summed E-state index contributed by atoms with van der Waals surface area (Å²) in [6.07, 6.45) is 2.69. The van der Waals surface area contributed by atoms with Crippen molar-refractivity contribution in [1.82, 2.24) is 4.90 Å². The monoisotopic (exact) mass is 577 g/mol. The molecule has 42 heavy (non-hydrogen) atoms. The molecular formula is C33H39NO8. The van der Waals surface area contributed by atoms with Gasteiger partial charge in [0.2, 0.25) is 0 Å². The molecule has 9 heteroatoms. The predicted molar refractivity (Wildman–Crippen MR) is 146 cm³/mol. The first-order valence-corrected chi connectivity index (χ1v) is 15.5. The Labute approximate surface area is 245 Å². The van der Waals surface area contributed by atoms with Crippen LogP contribution >= 0.6 is 0 Å². The van der Waals surface area contributed by atoms with Crippen molar-refractivity contribution in [1.29, 1.82) is 0 Å². The molecule has 9 nitrogen and oxygen atoms in total. The fourth-order valence-electron chi connectivity index (χ4n) is 11.3. The Bertz CT molecular complexity index is 1360. The second-order valence-corrected chi connectivity index (χ2v) is 15.6. The lowest BCUT2D eigenvalue weighted by Gasteiger charge is -2.58. The summed E-state index contributed by atoms with van der Waals surface area (Å²) in [5.41, 5.74) is -5.86. The molecule has 4 bridgehead atoms. The van der Waals surface area contributed by atoms with Crippen molar-refractivity contribution in [2.75, 3.05) is 6.54 Å². The molecule has 224 valence electrons. The van der Waals surface area contributed by atoms with Gasteiger partial charge in [0.25, 0.3) is 5.91 Å². The molecule has 8 fully saturated rings. The number of aliphatic hydroxyl groups is 1. The summed E-state index contributed by atoms with van der Waals surface area (Å²) in [5, 5.41) is 12.9. The maximum absolute atomic E-state index is 14.8. The van der Waals surface area contributed by atoms with E-state index in [1.807, 2.05) is 20.8 Å². The third-order valence-corrected chi connectivity index (χ3v) is 12.5. The normalized spacial score (nSPS) is 46.4. The molecule has 0 aromatic heterocycles. The molecule has 5 saturated carbocycles. The smallest absolute Gasteiger partial charge is 0.338 e. The molecule has 3 saturated heterocycles. The van der Waals surface area contributed by atoms with Crippen LogP contribution in [0.3, 0.4) is 0 Å².